The van der Waals surface area contributed by atoms with Crippen LogP contribution in [0.3, 0.4) is 0 Å². The highest BCUT2D eigenvalue weighted by molar-refractivity contribution is 5.88. The molecule has 2 aromatic carbocycles. The Morgan fingerprint density at radius 2 is 0.850 bits per heavy atom. The van der Waals surface area contributed by atoms with E-state index >= 15 is 0 Å². The zero-order valence-corrected chi connectivity index (χ0v) is 12.7. The van der Waals surface area contributed by atoms with E-state index < -0.39 is 0 Å². The van der Waals surface area contributed by atoms with Gasteiger partial charge in [-0.25, -0.2) is 0 Å². The van der Waals surface area contributed by atoms with E-state index in [9.17, 15) is 0 Å². The van der Waals surface area contributed by atoms with E-state index in [0.29, 0.717) is 0 Å². The fourth-order valence-corrected chi connectivity index (χ4v) is 2.41. The van der Waals surface area contributed by atoms with Gasteiger partial charge in [0.25, 0.3) is 0 Å². The third-order valence-corrected chi connectivity index (χ3v) is 3.21. The van der Waals surface area contributed by atoms with Crippen molar-refractivity contribution in [1.29, 1.82) is 0 Å². The molecule has 0 radical (unpaired) electrons. The first kappa shape index (κ1) is 14.2. The molecule has 0 saturated heterocycles. The molecule has 0 heterocycles. The maximum atomic E-state index is 2.18. The van der Waals surface area contributed by atoms with Crippen LogP contribution < -0.4 is 0 Å². The van der Waals surface area contributed by atoms with Crippen LogP contribution in [0.4, 0.5) is 0 Å². The molecule has 0 aliphatic carbocycles. The Balaban J connectivity index is 2.67. The van der Waals surface area contributed by atoms with Gasteiger partial charge < -0.3 is 9.80 Å². The molecule has 2 nitrogen and oxygen atoms in total. The standard InChI is InChI=1S/C18H22N2/c1-19(2)17(15-11-7-5-8-12-15)18(20(3)4)16-13-9-6-10-14-16/h5-14H,1-4H3/b18-17+. The minimum Gasteiger partial charge on any atom is -0.375 e. The van der Waals surface area contributed by atoms with Crippen LogP contribution in [0, 0.1) is 0 Å². The third-order valence-electron chi connectivity index (χ3n) is 3.21. The van der Waals surface area contributed by atoms with Crippen molar-refractivity contribution in [2.24, 2.45) is 0 Å². The van der Waals surface area contributed by atoms with Crippen molar-refractivity contribution in [3.63, 3.8) is 0 Å². The van der Waals surface area contributed by atoms with Gasteiger partial charge in [-0.05, 0) is 11.1 Å². The van der Waals surface area contributed by atoms with Crippen molar-refractivity contribution in [1.82, 2.24) is 9.80 Å². The quantitative estimate of drug-likeness (QED) is 0.780. The van der Waals surface area contributed by atoms with Crippen molar-refractivity contribution < 1.29 is 0 Å². The van der Waals surface area contributed by atoms with E-state index in [4.69, 9.17) is 0 Å². The van der Waals surface area contributed by atoms with Gasteiger partial charge in [-0.2, -0.15) is 0 Å². The molecule has 20 heavy (non-hydrogen) atoms. The molecule has 104 valence electrons. The smallest absolute Gasteiger partial charge is 0.0678 e. The Bertz CT molecular complexity index is 515. The molecule has 0 fully saturated rings. The van der Waals surface area contributed by atoms with Crippen LogP contribution in [-0.4, -0.2) is 38.0 Å². The molecule has 0 bridgehead atoms. The van der Waals surface area contributed by atoms with E-state index in [2.05, 4.69) is 98.7 Å². The molecule has 2 rings (SSSR count). The molecule has 0 aliphatic heterocycles. The summed E-state index contributed by atoms with van der Waals surface area (Å²) in [6.07, 6.45) is 0. The lowest BCUT2D eigenvalue weighted by Gasteiger charge is -2.27. The number of hydrogen-bond donors (Lipinski definition) is 0. The summed E-state index contributed by atoms with van der Waals surface area (Å²) in [6.45, 7) is 0. The van der Waals surface area contributed by atoms with E-state index in [1.165, 1.54) is 22.5 Å². The molecule has 2 heteroatoms. The van der Waals surface area contributed by atoms with Crippen LogP contribution in [0.15, 0.2) is 60.7 Å². The van der Waals surface area contributed by atoms with Crippen LogP contribution in [0.5, 0.6) is 0 Å². The second kappa shape index (κ2) is 6.29. The Morgan fingerprint density at radius 3 is 1.10 bits per heavy atom. The summed E-state index contributed by atoms with van der Waals surface area (Å²) in [5.74, 6) is 0. The lowest BCUT2D eigenvalue weighted by Crippen LogP contribution is -2.19. The summed E-state index contributed by atoms with van der Waals surface area (Å²) >= 11 is 0. The second-order valence-electron chi connectivity index (χ2n) is 5.22. The predicted molar refractivity (Wildman–Crippen MR) is 87.1 cm³/mol. The third kappa shape index (κ3) is 3.02. The molecule has 2 aromatic rings. The van der Waals surface area contributed by atoms with Gasteiger partial charge in [0.05, 0.1) is 11.4 Å². The highest BCUT2D eigenvalue weighted by atomic mass is 15.1. The summed E-state index contributed by atoms with van der Waals surface area (Å²) in [4.78, 5) is 4.36. The van der Waals surface area contributed by atoms with Gasteiger partial charge in [0.1, 0.15) is 0 Å². The van der Waals surface area contributed by atoms with Crippen molar-refractivity contribution in [2.45, 2.75) is 0 Å². The summed E-state index contributed by atoms with van der Waals surface area (Å²) in [5, 5.41) is 0. The van der Waals surface area contributed by atoms with Gasteiger partial charge in [0, 0.05) is 28.2 Å². The highest BCUT2D eigenvalue weighted by Crippen LogP contribution is 2.29. The van der Waals surface area contributed by atoms with Gasteiger partial charge in [-0.15, -0.1) is 0 Å². The van der Waals surface area contributed by atoms with Crippen molar-refractivity contribution >= 4 is 11.4 Å². The average Bonchev–Trinajstić information content (AvgIpc) is 2.45. The molecule has 0 N–H and O–H groups in total. The summed E-state index contributed by atoms with van der Waals surface area (Å²) < 4.78 is 0. The summed E-state index contributed by atoms with van der Waals surface area (Å²) in [6, 6.07) is 21.0. The maximum Gasteiger partial charge on any atom is 0.0678 e. The zero-order chi connectivity index (χ0) is 14.5. The summed E-state index contributed by atoms with van der Waals surface area (Å²) in [5.41, 5.74) is 4.90. The van der Waals surface area contributed by atoms with Crippen LogP contribution in [-0.2, 0) is 0 Å². The summed E-state index contributed by atoms with van der Waals surface area (Å²) in [7, 11) is 8.37. The van der Waals surface area contributed by atoms with Gasteiger partial charge in [0.15, 0.2) is 0 Å². The minimum absolute atomic E-state index is 1.22. The van der Waals surface area contributed by atoms with Gasteiger partial charge in [-0.1, -0.05) is 60.7 Å². The van der Waals surface area contributed by atoms with Crippen LogP contribution in [0.1, 0.15) is 11.1 Å². The van der Waals surface area contributed by atoms with E-state index in [-0.39, 0.29) is 0 Å². The Hall–Kier alpha value is -2.22. The Labute approximate surface area is 122 Å². The molecule has 0 aromatic heterocycles. The lowest BCUT2D eigenvalue weighted by atomic mass is 10.0. The Kier molecular flexibility index (Phi) is 4.46. The first-order valence-electron chi connectivity index (χ1n) is 6.81. The normalized spacial score (nSPS) is 11.8. The van der Waals surface area contributed by atoms with Crippen molar-refractivity contribution in [3.05, 3.63) is 71.8 Å². The molecule has 0 unspecified atom stereocenters. The molecule has 0 spiro atoms. The largest absolute Gasteiger partial charge is 0.375 e. The number of rotatable bonds is 4. The molecule has 0 saturated carbocycles. The van der Waals surface area contributed by atoms with E-state index in [1.807, 2.05) is 0 Å². The molecule has 0 aliphatic rings. The first-order valence-corrected chi connectivity index (χ1v) is 6.81. The highest BCUT2D eigenvalue weighted by Gasteiger charge is 2.15. The average molecular weight is 266 g/mol. The predicted octanol–water partition coefficient (Wildman–Crippen LogP) is 3.64. The van der Waals surface area contributed by atoms with Crippen LogP contribution in [0.2, 0.25) is 0 Å². The van der Waals surface area contributed by atoms with E-state index in [0.717, 1.165) is 0 Å². The molecular weight excluding hydrogens is 244 g/mol. The van der Waals surface area contributed by atoms with Gasteiger partial charge >= 0.3 is 0 Å². The number of nitrogens with zero attached hydrogens (tertiary/aromatic N) is 2. The molecular formula is C18H22N2. The maximum absolute atomic E-state index is 2.18. The van der Waals surface area contributed by atoms with Crippen molar-refractivity contribution in [3.8, 4) is 0 Å². The van der Waals surface area contributed by atoms with Gasteiger partial charge in [0.2, 0.25) is 0 Å². The molecule has 0 amide bonds. The Morgan fingerprint density at radius 1 is 0.550 bits per heavy atom. The molecule has 0 atom stereocenters. The number of benzene rings is 2. The fraction of sp³-hybridized carbons (Fsp3) is 0.222. The van der Waals surface area contributed by atoms with E-state index in [1.54, 1.807) is 0 Å². The SMILES string of the molecule is CN(C)/C(=C(\c1ccccc1)N(C)C)c1ccccc1. The van der Waals surface area contributed by atoms with Gasteiger partial charge in [-0.3, -0.25) is 0 Å². The number of hydrogen-bond acceptors (Lipinski definition) is 2. The van der Waals surface area contributed by atoms with Crippen LogP contribution in [0.25, 0.3) is 11.4 Å². The van der Waals surface area contributed by atoms with Crippen LogP contribution >= 0.6 is 0 Å². The van der Waals surface area contributed by atoms with Crippen molar-refractivity contribution in [2.75, 3.05) is 28.2 Å². The lowest BCUT2D eigenvalue weighted by molar-refractivity contribution is 0.552. The first-order chi connectivity index (χ1) is 9.61. The second-order valence-corrected chi connectivity index (χ2v) is 5.22. The topological polar surface area (TPSA) is 6.48 Å². The fourth-order valence-electron chi connectivity index (χ4n) is 2.41. The minimum atomic E-state index is 1.22. The zero-order valence-electron chi connectivity index (χ0n) is 12.7. The monoisotopic (exact) mass is 266 g/mol.